The maximum Gasteiger partial charge on any atom is 0.435 e. The summed E-state index contributed by atoms with van der Waals surface area (Å²) in [5.74, 6) is -1.68. The standard InChI is InChI=1S/C23H20Cl2F3N5O4/c1-3-4-8-29-21(34)14-10-13(24)9-12(2)19(14)30-22(35)17-11-18(23(26,27)28)31-32(17)20-15(25)6-5-7-16(20)33(36)37/h5-7,9-11H,3-4,8H2,1-2H3,(H,29,34)(H,30,35). The Labute approximate surface area is 218 Å². The van der Waals surface area contributed by atoms with E-state index < -0.39 is 45.7 Å². The molecule has 0 spiro atoms. The van der Waals surface area contributed by atoms with Gasteiger partial charge in [-0.25, -0.2) is 4.68 Å². The molecule has 14 heteroatoms. The summed E-state index contributed by atoms with van der Waals surface area (Å²) in [4.78, 5) is 36.8. The van der Waals surface area contributed by atoms with E-state index in [-0.39, 0.29) is 21.3 Å². The Bertz CT molecular complexity index is 1380. The van der Waals surface area contributed by atoms with Crippen molar-refractivity contribution in [3.05, 3.63) is 79.1 Å². The van der Waals surface area contributed by atoms with Crippen LogP contribution in [0.4, 0.5) is 24.5 Å². The van der Waals surface area contributed by atoms with Gasteiger partial charge in [-0.15, -0.1) is 0 Å². The molecule has 196 valence electrons. The van der Waals surface area contributed by atoms with Gasteiger partial charge in [0, 0.05) is 23.7 Å². The molecule has 1 aromatic heterocycles. The number of rotatable bonds is 8. The first kappa shape index (κ1) is 27.9. The number of para-hydroxylation sites is 1. The monoisotopic (exact) mass is 557 g/mol. The molecule has 3 aromatic rings. The molecule has 0 fully saturated rings. The SMILES string of the molecule is CCCCNC(=O)c1cc(Cl)cc(C)c1NC(=O)c1cc(C(F)(F)F)nn1-c1c(Cl)cccc1[N+](=O)[O-]. The minimum absolute atomic E-state index is 0.00151. The summed E-state index contributed by atoms with van der Waals surface area (Å²) in [6, 6.07) is 6.66. The second-order valence-corrected chi connectivity index (χ2v) is 8.74. The van der Waals surface area contributed by atoms with E-state index in [1.165, 1.54) is 24.3 Å². The quantitative estimate of drug-likeness (QED) is 0.194. The first-order valence-electron chi connectivity index (χ1n) is 10.8. The van der Waals surface area contributed by atoms with Gasteiger partial charge in [-0.3, -0.25) is 19.7 Å². The number of hydrogen-bond donors (Lipinski definition) is 2. The van der Waals surface area contributed by atoms with Gasteiger partial charge in [0.2, 0.25) is 0 Å². The van der Waals surface area contributed by atoms with Gasteiger partial charge in [-0.1, -0.05) is 42.6 Å². The zero-order chi connectivity index (χ0) is 27.5. The molecule has 0 aliphatic carbocycles. The fourth-order valence-corrected chi connectivity index (χ4v) is 3.97. The van der Waals surface area contributed by atoms with Crippen LogP contribution in [0.15, 0.2) is 36.4 Å². The van der Waals surface area contributed by atoms with Gasteiger partial charge in [0.15, 0.2) is 11.4 Å². The van der Waals surface area contributed by atoms with Crippen molar-refractivity contribution in [3.63, 3.8) is 0 Å². The number of carbonyl (C=O) groups excluding carboxylic acids is 2. The number of benzene rings is 2. The minimum atomic E-state index is -4.98. The van der Waals surface area contributed by atoms with Crippen LogP contribution in [0.5, 0.6) is 0 Å². The summed E-state index contributed by atoms with van der Waals surface area (Å²) < 4.78 is 41.1. The average molecular weight is 558 g/mol. The molecule has 1 heterocycles. The Kier molecular flexibility index (Phi) is 8.44. The maximum absolute atomic E-state index is 13.5. The number of anilines is 1. The third kappa shape index (κ3) is 6.20. The number of aryl methyl sites for hydroxylation is 1. The lowest BCUT2D eigenvalue weighted by molar-refractivity contribution is -0.384. The van der Waals surface area contributed by atoms with Gasteiger partial charge < -0.3 is 10.6 Å². The highest BCUT2D eigenvalue weighted by atomic mass is 35.5. The highest BCUT2D eigenvalue weighted by molar-refractivity contribution is 6.33. The molecule has 37 heavy (non-hydrogen) atoms. The first-order valence-corrected chi connectivity index (χ1v) is 11.6. The van der Waals surface area contributed by atoms with E-state index in [1.54, 1.807) is 6.92 Å². The van der Waals surface area contributed by atoms with Crippen molar-refractivity contribution < 1.29 is 27.7 Å². The van der Waals surface area contributed by atoms with E-state index in [0.717, 1.165) is 12.5 Å². The van der Waals surface area contributed by atoms with Gasteiger partial charge in [0.1, 0.15) is 5.69 Å². The number of nitro benzene ring substituents is 1. The molecular formula is C23H20Cl2F3N5O4. The Morgan fingerprint density at radius 2 is 1.86 bits per heavy atom. The number of amides is 2. The van der Waals surface area contributed by atoms with Gasteiger partial charge in [0.25, 0.3) is 17.5 Å². The van der Waals surface area contributed by atoms with E-state index in [1.807, 2.05) is 6.92 Å². The maximum atomic E-state index is 13.5. The number of hydrogen-bond acceptors (Lipinski definition) is 5. The largest absolute Gasteiger partial charge is 0.435 e. The zero-order valence-electron chi connectivity index (χ0n) is 19.4. The lowest BCUT2D eigenvalue weighted by atomic mass is 10.1. The molecule has 9 nitrogen and oxygen atoms in total. The van der Waals surface area contributed by atoms with Crippen LogP contribution in [0.2, 0.25) is 10.0 Å². The number of nitrogens with zero attached hydrogens (tertiary/aromatic N) is 3. The number of alkyl halides is 3. The number of aromatic nitrogens is 2. The predicted octanol–water partition coefficient (Wildman–Crippen LogP) is 6.20. The molecule has 2 amide bonds. The first-order chi connectivity index (χ1) is 17.3. The Morgan fingerprint density at radius 1 is 1.16 bits per heavy atom. The Balaban J connectivity index is 2.14. The van der Waals surface area contributed by atoms with Gasteiger partial charge in [0.05, 0.1) is 21.2 Å². The summed E-state index contributed by atoms with van der Waals surface area (Å²) in [5.41, 5.74) is -3.03. The number of nitro groups is 1. The topological polar surface area (TPSA) is 119 Å². The van der Waals surface area contributed by atoms with Crippen LogP contribution in [0.3, 0.4) is 0 Å². The normalized spacial score (nSPS) is 11.3. The molecule has 0 bridgehead atoms. The summed E-state index contributed by atoms with van der Waals surface area (Å²) in [6.07, 6.45) is -3.46. The highest BCUT2D eigenvalue weighted by Gasteiger charge is 2.37. The number of halogens is 5. The smallest absolute Gasteiger partial charge is 0.352 e. The molecule has 3 rings (SSSR count). The molecule has 2 aromatic carbocycles. The fourth-order valence-electron chi connectivity index (χ4n) is 3.45. The van der Waals surface area contributed by atoms with Crippen LogP contribution in [0.1, 0.15) is 51.9 Å². The molecule has 0 atom stereocenters. The zero-order valence-corrected chi connectivity index (χ0v) is 21.0. The van der Waals surface area contributed by atoms with Crippen LogP contribution >= 0.6 is 23.2 Å². The third-order valence-corrected chi connectivity index (χ3v) is 5.73. The number of carbonyl (C=O) groups is 2. The van der Waals surface area contributed by atoms with E-state index in [4.69, 9.17) is 23.2 Å². The predicted molar refractivity (Wildman–Crippen MR) is 132 cm³/mol. The van der Waals surface area contributed by atoms with Crippen molar-refractivity contribution >= 4 is 46.4 Å². The molecule has 0 aliphatic rings. The lowest BCUT2D eigenvalue weighted by Gasteiger charge is -2.15. The Hall–Kier alpha value is -3.64. The van der Waals surface area contributed by atoms with Crippen LogP contribution in [-0.4, -0.2) is 33.1 Å². The van der Waals surface area contributed by atoms with Crippen LogP contribution in [0, 0.1) is 17.0 Å². The van der Waals surface area contributed by atoms with E-state index in [9.17, 15) is 32.9 Å². The van der Waals surface area contributed by atoms with Crippen molar-refractivity contribution in [2.75, 3.05) is 11.9 Å². The van der Waals surface area contributed by atoms with Crippen LogP contribution in [-0.2, 0) is 6.18 Å². The third-order valence-electron chi connectivity index (χ3n) is 5.21. The molecule has 0 saturated carbocycles. The molecule has 0 radical (unpaired) electrons. The summed E-state index contributed by atoms with van der Waals surface area (Å²) >= 11 is 12.2. The number of unbranched alkanes of at least 4 members (excludes halogenated alkanes) is 1. The van der Waals surface area contributed by atoms with E-state index >= 15 is 0 Å². The average Bonchev–Trinajstić information content (AvgIpc) is 3.26. The molecule has 0 aliphatic heterocycles. The molecule has 0 unspecified atom stereocenters. The van der Waals surface area contributed by atoms with Gasteiger partial charge in [-0.05, 0) is 37.1 Å². The van der Waals surface area contributed by atoms with Gasteiger partial charge in [-0.2, -0.15) is 18.3 Å². The summed E-state index contributed by atoms with van der Waals surface area (Å²) in [7, 11) is 0. The summed E-state index contributed by atoms with van der Waals surface area (Å²) in [5, 5.41) is 20.0. The van der Waals surface area contributed by atoms with Crippen LogP contribution in [0.25, 0.3) is 5.69 Å². The van der Waals surface area contributed by atoms with Crippen molar-refractivity contribution in [3.8, 4) is 5.69 Å². The molecule has 0 saturated heterocycles. The van der Waals surface area contributed by atoms with Gasteiger partial charge >= 0.3 is 6.18 Å². The Morgan fingerprint density at radius 3 is 2.49 bits per heavy atom. The molecular weight excluding hydrogens is 538 g/mol. The second-order valence-electron chi connectivity index (χ2n) is 7.90. The fraction of sp³-hybridized carbons (Fsp3) is 0.261. The lowest BCUT2D eigenvalue weighted by Crippen LogP contribution is -2.27. The van der Waals surface area contributed by atoms with Crippen molar-refractivity contribution in [2.45, 2.75) is 32.9 Å². The second kappa shape index (κ2) is 11.2. The highest BCUT2D eigenvalue weighted by Crippen LogP contribution is 2.35. The van der Waals surface area contributed by atoms with Crippen LogP contribution < -0.4 is 10.6 Å². The van der Waals surface area contributed by atoms with Crippen molar-refractivity contribution in [1.82, 2.24) is 15.1 Å². The van der Waals surface area contributed by atoms with Crippen molar-refractivity contribution in [1.29, 1.82) is 0 Å². The van der Waals surface area contributed by atoms with E-state index in [2.05, 4.69) is 15.7 Å². The number of nitrogens with one attached hydrogen (secondary N) is 2. The van der Waals surface area contributed by atoms with Crippen molar-refractivity contribution in [2.24, 2.45) is 0 Å². The van der Waals surface area contributed by atoms with E-state index in [0.29, 0.717) is 29.3 Å². The summed E-state index contributed by atoms with van der Waals surface area (Å²) in [6.45, 7) is 3.83. The minimum Gasteiger partial charge on any atom is -0.352 e. The molecule has 2 N–H and O–H groups in total.